The van der Waals surface area contributed by atoms with Crippen LogP contribution in [0.4, 0.5) is 0 Å². The Bertz CT molecular complexity index is 243. The highest BCUT2D eigenvalue weighted by molar-refractivity contribution is 5.73. The molecule has 5 heteroatoms. The zero-order valence-corrected chi connectivity index (χ0v) is 9.56. The predicted octanol–water partition coefficient (Wildman–Crippen LogP) is -0.102. The average Bonchev–Trinajstić information content (AvgIpc) is 1.99. The summed E-state index contributed by atoms with van der Waals surface area (Å²) < 4.78 is 5.72. The number of rotatable bonds is 3. The third kappa shape index (κ3) is 3.77. The molecule has 15 heavy (non-hydrogen) atoms. The van der Waals surface area contributed by atoms with Crippen LogP contribution >= 0.6 is 0 Å². The van der Waals surface area contributed by atoms with E-state index in [0.717, 1.165) is 13.1 Å². The Morgan fingerprint density at radius 2 is 2.33 bits per heavy atom. The van der Waals surface area contributed by atoms with Crippen molar-refractivity contribution in [2.75, 3.05) is 19.6 Å². The van der Waals surface area contributed by atoms with Crippen molar-refractivity contribution in [2.45, 2.75) is 38.5 Å². The summed E-state index contributed by atoms with van der Waals surface area (Å²) in [4.78, 5) is 12.7. The first-order valence-electron chi connectivity index (χ1n) is 5.19. The molecule has 1 aliphatic heterocycles. The number of nitrogens with zero attached hydrogens (tertiary/aromatic N) is 1. The second kappa shape index (κ2) is 4.47. The number of nitrogens with two attached hydrogens (primary N) is 1. The molecule has 0 radical (unpaired) electrons. The van der Waals surface area contributed by atoms with Gasteiger partial charge in [0.25, 0.3) is 0 Å². The standard InChI is InChI=1S/C10H20N2O3/c1-7-4-12(5-8(11)9(13)14)6-10(2,3)15-7/h7-8H,4-6,11H2,1-3H3,(H,13,14). The summed E-state index contributed by atoms with van der Waals surface area (Å²) in [5, 5.41) is 8.73. The van der Waals surface area contributed by atoms with E-state index in [1.165, 1.54) is 0 Å². The van der Waals surface area contributed by atoms with Gasteiger partial charge in [-0.1, -0.05) is 0 Å². The molecular formula is C10H20N2O3. The van der Waals surface area contributed by atoms with Crippen LogP contribution < -0.4 is 5.73 Å². The molecule has 0 saturated carbocycles. The number of hydrogen-bond donors (Lipinski definition) is 2. The molecule has 5 nitrogen and oxygen atoms in total. The van der Waals surface area contributed by atoms with E-state index >= 15 is 0 Å². The molecule has 3 N–H and O–H groups in total. The zero-order chi connectivity index (χ0) is 11.6. The highest BCUT2D eigenvalue weighted by Gasteiger charge is 2.32. The Morgan fingerprint density at radius 1 is 1.73 bits per heavy atom. The molecule has 1 fully saturated rings. The minimum absolute atomic E-state index is 0.120. The van der Waals surface area contributed by atoms with Gasteiger partial charge in [-0.3, -0.25) is 9.69 Å². The van der Waals surface area contributed by atoms with Crippen molar-refractivity contribution in [1.29, 1.82) is 0 Å². The van der Waals surface area contributed by atoms with Gasteiger partial charge in [0.05, 0.1) is 11.7 Å². The number of carboxylic acid groups (broad SMARTS) is 1. The second-order valence-electron chi connectivity index (χ2n) is 4.83. The lowest BCUT2D eigenvalue weighted by molar-refractivity contribution is -0.144. The number of hydrogen-bond acceptors (Lipinski definition) is 4. The summed E-state index contributed by atoms with van der Waals surface area (Å²) in [6.07, 6.45) is 0.120. The molecule has 1 saturated heterocycles. The van der Waals surface area contributed by atoms with Gasteiger partial charge in [0.1, 0.15) is 6.04 Å². The lowest BCUT2D eigenvalue weighted by Gasteiger charge is -2.42. The summed E-state index contributed by atoms with van der Waals surface area (Å²) >= 11 is 0. The van der Waals surface area contributed by atoms with Crippen LogP contribution in [0, 0.1) is 0 Å². The quantitative estimate of drug-likeness (QED) is 0.689. The maximum absolute atomic E-state index is 10.6. The van der Waals surface area contributed by atoms with Gasteiger partial charge in [-0.2, -0.15) is 0 Å². The molecular weight excluding hydrogens is 196 g/mol. The Hall–Kier alpha value is -0.650. The molecule has 1 heterocycles. The zero-order valence-electron chi connectivity index (χ0n) is 9.56. The lowest BCUT2D eigenvalue weighted by atomic mass is 10.0. The van der Waals surface area contributed by atoms with Gasteiger partial charge in [-0.25, -0.2) is 0 Å². The smallest absolute Gasteiger partial charge is 0.321 e. The van der Waals surface area contributed by atoms with Crippen molar-refractivity contribution in [1.82, 2.24) is 4.90 Å². The van der Waals surface area contributed by atoms with E-state index in [-0.39, 0.29) is 11.7 Å². The molecule has 1 aliphatic rings. The van der Waals surface area contributed by atoms with Crippen LogP contribution in [0.5, 0.6) is 0 Å². The lowest BCUT2D eigenvalue weighted by Crippen LogP contribution is -2.55. The van der Waals surface area contributed by atoms with Crippen molar-refractivity contribution in [3.63, 3.8) is 0 Å². The van der Waals surface area contributed by atoms with Gasteiger partial charge < -0.3 is 15.6 Å². The number of carboxylic acids is 1. The third-order valence-electron chi connectivity index (χ3n) is 2.41. The van der Waals surface area contributed by atoms with Gasteiger partial charge >= 0.3 is 5.97 Å². The number of ether oxygens (including phenoxy) is 1. The molecule has 0 amide bonds. The summed E-state index contributed by atoms with van der Waals surface area (Å²) in [6.45, 7) is 7.83. The number of morpholine rings is 1. The molecule has 0 spiro atoms. The van der Waals surface area contributed by atoms with E-state index in [2.05, 4.69) is 0 Å². The predicted molar refractivity (Wildman–Crippen MR) is 56.7 cm³/mol. The fraction of sp³-hybridized carbons (Fsp3) is 0.900. The summed E-state index contributed by atoms with van der Waals surface area (Å²) in [5.74, 6) is -0.952. The van der Waals surface area contributed by atoms with Crippen LogP contribution in [0.3, 0.4) is 0 Å². The fourth-order valence-electron chi connectivity index (χ4n) is 2.08. The maximum atomic E-state index is 10.6. The summed E-state index contributed by atoms with van der Waals surface area (Å²) in [7, 11) is 0. The van der Waals surface area contributed by atoms with E-state index in [9.17, 15) is 4.79 Å². The molecule has 0 aromatic heterocycles. The van der Waals surface area contributed by atoms with Gasteiger partial charge in [0.2, 0.25) is 0 Å². The molecule has 0 aromatic rings. The van der Waals surface area contributed by atoms with Crippen LogP contribution in [-0.4, -0.2) is 53.4 Å². The van der Waals surface area contributed by atoms with E-state index in [0.29, 0.717) is 6.54 Å². The highest BCUT2D eigenvalue weighted by atomic mass is 16.5. The Labute approximate surface area is 90.2 Å². The Morgan fingerprint density at radius 3 is 2.80 bits per heavy atom. The van der Waals surface area contributed by atoms with Gasteiger partial charge in [-0.15, -0.1) is 0 Å². The first-order valence-corrected chi connectivity index (χ1v) is 5.19. The molecule has 0 bridgehead atoms. The third-order valence-corrected chi connectivity index (χ3v) is 2.41. The molecule has 0 aromatic carbocycles. The maximum Gasteiger partial charge on any atom is 0.321 e. The van der Waals surface area contributed by atoms with Crippen molar-refractivity contribution >= 4 is 5.97 Å². The van der Waals surface area contributed by atoms with Crippen molar-refractivity contribution in [3.05, 3.63) is 0 Å². The van der Waals surface area contributed by atoms with Crippen LogP contribution in [0.15, 0.2) is 0 Å². The van der Waals surface area contributed by atoms with Gasteiger partial charge in [0.15, 0.2) is 0 Å². The van der Waals surface area contributed by atoms with Crippen LogP contribution in [-0.2, 0) is 9.53 Å². The van der Waals surface area contributed by atoms with Crippen molar-refractivity contribution < 1.29 is 14.6 Å². The van der Waals surface area contributed by atoms with E-state index < -0.39 is 12.0 Å². The Kier molecular flexibility index (Phi) is 3.70. The monoisotopic (exact) mass is 216 g/mol. The summed E-state index contributed by atoms with van der Waals surface area (Å²) in [5.41, 5.74) is 5.27. The molecule has 88 valence electrons. The van der Waals surface area contributed by atoms with Crippen LogP contribution in [0.2, 0.25) is 0 Å². The Balaban J connectivity index is 2.52. The van der Waals surface area contributed by atoms with Crippen LogP contribution in [0.1, 0.15) is 20.8 Å². The highest BCUT2D eigenvalue weighted by Crippen LogP contribution is 2.20. The van der Waals surface area contributed by atoms with E-state index in [1.807, 2.05) is 25.7 Å². The van der Waals surface area contributed by atoms with Crippen molar-refractivity contribution in [2.24, 2.45) is 5.73 Å². The minimum Gasteiger partial charge on any atom is -0.480 e. The topological polar surface area (TPSA) is 75.8 Å². The number of carbonyl (C=O) groups is 1. The largest absolute Gasteiger partial charge is 0.480 e. The first-order chi connectivity index (χ1) is 6.80. The van der Waals surface area contributed by atoms with E-state index in [1.54, 1.807) is 0 Å². The van der Waals surface area contributed by atoms with Gasteiger partial charge in [0, 0.05) is 19.6 Å². The molecule has 2 unspecified atom stereocenters. The molecule has 0 aliphatic carbocycles. The van der Waals surface area contributed by atoms with Gasteiger partial charge in [-0.05, 0) is 20.8 Å². The number of aliphatic carboxylic acids is 1. The second-order valence-corrected chi connectivity index (χ2v) is 4.83. The first kappa shape index (κ1) is 12.4. The normalized spacial score (nSPS) is 28.7. The summed E-state index contributed by atoms with van der Waals surface area (Å²) in [6, 6.07) is -0.814. The fourth-order valence-corrected chi connectivity index (χ4v) is 2.08. The SMILES string of the molecule is CC1CN(CC(N)C(=O)O)CC(C)(C)O1. The van der Waals surface area contributed by atoms with Crippen LogP contribution in [0.25, 0.3) is 0 Å². The molecule has 1 rings (SSSR count). The minimum atomic E-state index is -0.952. The van der Waals surface area contributed by atoms with Crippen molar-refractivity contribution in [3.8, 4) is 0 Å². The average molecular weight is 216 g/mol. The van der Waals surface area contributed by atoms with E-state index in [4.69, 9.17) is 15.6 Å². The molecule has 2 atom stereocenters.